The molecule has 0 unspecified atom stereocenters. The minimum absolute atomic E-state index is 0.0871. The van der Waals surface area contributed by atoms with Crippen molar-refractivity contribution in [3.63, 3.8) is 0 Å². The van der Waals surface area contributed by atoms with Crippen molar-refractivity contribution in [1.82, 2.24) is 0 Å². The molecule has 115 valence electrons. The molecule has 23 heavy (non-hydrogen) atoms. The summed E-state index contributed by atoms with van der Waals surface area (Å²) in [5, 5.41) is 11.7. The molecule has 1 radical (unpaired) electrons. The van der Waals surface area contributed by atoms with E-state index in [1.807, 2.05) is 18.2 Å². The Morgan fingerprint density at radius 1 is 0.696 bits per heavy atom. The van der Waals surface area contributed by atoms with Crippen molar-refractivity contribution >= 4 is 0 Å². The lowest BCUT2D eigenvalue weighted by molar-refractivity contribution is 0.329. The van der Waals surface area contributed by atoms with Gasteiger partial charge in [0.05, 0.1) is 0 Å². The van der Waals surface area contributed by atoms with Gasteiger partial charge in [0.15, 0.2) is 5.75 Å². The Bertz CT molecular complexity index is 774. The van der Waals surface area contributed by atoms with Gasteiger partial charge in [-0.05, 0) is 35.4 Å². The van der Waals surface area contributed by atoms with Crippen LogP contribution in [-0.4, -0.2) is 0 Å². The highest BCUT2D eigenvalue weighted by molar-refractivity contribution is 5.44. The quantitative estimate of drug-likeness (QED) is 0.585. The minimum Gasteiger partial charge on any atom is -0.453 e. The van der Waals surface area contributed by atoms with Crippen LogP contribution in [0.1, 0.15) is 25.0 Å². The summed E-state index contributed by atoms with van der Waals surface area (Å²) in [5.41, 5.74) is 2.38. The Morgan fingerprint density at radius 2 is 1.26 bits per heavy atom. The SMILES string of the molecule is CC(C)(c1ccccc1)c1ccc(Oc2ccccc2[O])cc1. The molecule has 3 rings (SSSR count). The van der Waals surface area contributed by atoms with Crippen LogP contribution in [0.3, 0.4) is 0 Å². The molecule has 0 spiro atoms. The van der Waals surface area contributed by atoms with Crippen molar-refractivity contribution in [3.8, 4) is 17.2 Å². The number of hydrogen-bond acceptors (Lipinski definition) is 1. The van der Waals surface area contributed by atoms with Gasteiger partial charge in [-0.25, -0.2) is 0 Å². The second kappa shape index (κ2) is 6.17. The lowest BCUT2D eigenvalue weighted by Crippen LogP contribution is -2.18. The molecule has 0 bridgehead atoms. The van der Waals surface area contributed by atoms with Crippen molar-refractivity contribution in [2.24, 2.45) is 0 Å². The van der Waals surface area contributed by atoms with Crippen LogP contribution in [0, 0.1) is 0 Å². The van der Waals surface area contributed by atoms with Gasteiger partial charge >= 0.3 is 0 Å². The Kier molecular flexibility index (Phi) is 4.07. The van der Waals surface area contributed by atoms with Crippen molar-refractivity contribution in [3.05, 3.63) is 90.0 Å². The number of hydrogen-bond donors (Lipinski definition) is 0. The van der Waals surface area contributed by atoms with E-state index in [2.05, 4.69) is 50.2 Å². The highest BCUT2D eigenvalue weighted by Gasteiger charge is 2.22. The van der Waals surface area contributed by atoms with Gasteiger partial charge in [0.25, 0.3) is 0 Å². The first-order valence-electron chi connectivity index (χ1n) is 7.67. The summed E-state index contributed by atoms with van der Waals surface area (Å²) >= 11 is 0. The van der Waals surface area contributed by atoms with E-state index in [0.29, 0.717) is 11.5 Å². The first kappa shape index (κ1) is 15.2. The molecular weight excluding hydrogens is 284 g/mol. The molecule has 0 N–H and O–H groups in total. The maximum atomic E-state index is 11.7. The van der Waals surface area contributed by atoms with Gasteiger partial charge in [-0.1, -0.05) is 68.4 Å². The monoisotopic (exact) mass is 303 g/mol. The fourth-order valence-corrected chi connectivity index (χ4v) is 2.62. The highest BCUT2D eigenvalue weighted by Crippen LogP contribution is 2.34. The largest absolute Gasteiger partial charge is 0.453 e. The highest BCUT2D eigenvalue weighted by atomic mass is 16.5. The summed E-state index contributed by atoms with van der Waals surface area (Å²) in [5.74, 6) is 0.907. The average Bonchev–Trinajstić information content (AvgIpc) is 2.58. The Labute approximate surface area is 137 Å². The number of ether oxygens (including phenoxy) is 1. The molecular formula is C21H19O2. The molecule has 0 aliphatic heterocycles. The van der Waals surface area contributed by atoms with Crippen LogP contribution >= 0.6 is 0 Å². The zero-order valence-corrected chi connectivity index (χ0v) is 13.3. The van der Waals surface area contributed by atoms with Crippen LogP contribution in [0.4, 0.5) is 0 Å². The van der Waals surface area contributed by atoms with Crippen LogP contribution in [-0.2, 0) is 10.5 Å². The molecule has 0 aliphatic rings. The molecule has 0 aromatic heterocycles. The van der Waals surface area contributed by atoms with Gasteiger partial charge in [-0.2, -0.15) is 0 Å². The summed E-state index contributed by atoms with van der Waals surface area (Å²) < 4.78 is 5.67. The van der Waals surface area contributed by atoms with E-state index in [1.165, 1.54) is 17.2 Å². The molecule has 0 saturated carbocycles. The molecule has 3 aromatic rings. The van der Waals surface area contributed by atoms with Gasteiger partial charge < -0.3 is 4.74 Å². The Hall–Kier alpha value is -2.74. The second-order valence-corrected chi connectivity index (χ2v) is 6.06. The molecule has 0 saturated heterocycles. The van der Waals surface area contributed by atoms with Crippen molar-refractivity contribution in [1.29, 1.82) is 0 Å². The van der Waals surface area contributed by atoms with E-state index in [4.69, 9.17) is 4.74 Å². The normalized spacial score (nSPS) is 11.2. The minimum atomic E-state index is -0.110. The van der Waals surface area contributed by atoms with Gasteiger partial charge in [-0.15, -0.1) is 0 Å². The van der Waals surface area contributed by atoms with Crippen LogP contribution < -0.4 is 4.74 Å². The smallest absolute Gasteiger partial charge is 0.221 e. The molecule has 3 aromatic carbocycles. The van der Waals surface area contributed by atoms with Crippen molar-refractivity contribution in [2.45, 2.75) is 19.3 Å². The van der Waals surface area contributed by atoms with E-state index >= 15 is 0 Å². The predicted octanol–water partition coefficient (Wildman–Crippen LogP) is 5.95. The number of benzene rings is 3. The van der Waals surface area contributed by atoms with Crippen LogP contribution in [0.25, 0.3) is 0 Å². The zero-order chi connectivity index (χ0) is 16.3. The standard InChI is InChI=1S/C21H19O2/c1-21(2,16-8-4-3-5-9-16)17-12-14-18(15-13-17)23-20-11-7-6-10-19(20)22/h3-15H,1-2H3. The summed E-state index contributed by atoms with van der Waals surface area (Å²) in [7, 11) is 0. The van der Waals surface area contributed by atoms with Gasteiger partial charge in [0, 0.05) is 5.41 Å². The third-order valence-corrected chi connectivity index (χ3v) is 4.15. The number of para-hydroxylation sites is 2. The Balaban J connectivity index is 1.84. The van der Waals surface area contributed by atoms with Crippen LogP contribution in [0.2, 0.25) is 0 Å². The zero-order valence-electron chi connectivity index (χ0n) is 13.3. The lowest BCUT2D eigenvalue weighted by Gasteiger charge is -2.26. The van der Waals surface area contributed by atoms with Gasteiger partial charge in [-0.3, -0.25) is 5.11 Å². The molecule has 0 heterocycles. The summed E-state index contributed by atoms with van der Waals surface area (Å²) in [4.78, 5) is 0. The number of rotatable bonds is 4. The molecule has 0 atom stereocenters. The molecule has 0 fully saturated rings. The molecule has 2 nitrogen and oxygen atoms in total. The summed E-state index contributed by atoms with van der Waals surface area (Å²) in [6.07, 6.45) is 0. The summed E-state index contributed by atoms with van der Waals surface area (Å²) in [6, 6.07) is 25.0. The van der Waals surface area contributed by atoms with E-state index < -0.39 is 0 Å². The van der Waals surface area contributed by atoms with Crippen molar-refractivity contribution < 1.29 is 9.84 Å². The van der Waals surface area contributed by atoms with Crippen molar-refractivity contribution in [2.75, 3.05) is 0 Å². The van der Waals surface area contributed by atoms with Gasteiger partial charge in [0.2, 0.25) is 5.75 Å². The van der Waals surface area contributed by atoms with E-state index in [-0.39, 0.29) is 11.2 Å². The fraction of sp³-hybridized carbons (Fsp3) is 0.143. The van der Waals surface area contributed by atoms with E-state index in [0.717, 1.165) is 0 Å². The third kappa shape index (κ3) is 3.21. The first-order chi connectivity index (χ1) is 11.1. The van der Waals surface area contributed by atoms with Crippen LogP contribution in [0.5, 0.6) is 17.2 Å². The lowest BCUT2D eigenvalue weighted by atomic mass is 9.78. The maximum Gasteiger partial charge on any atom is 0.221 e. The van der Waals surface area contributed by atoms with Crippen LogP contribution in [0.15, 0.2) is 78.9 Å². The maximum absolute atomic E-state index is 11.7. The summed E-state index contributed by atoms with van der Waals surface area (Å²) in [6.45, 7) is 4.40. The Morgan fingerprint density at radius 3 is 1.91 bits per heavy atom. The van der Waals surface area contributed by atoms with Gasteiger partial charge in [0.1, 0.15) is 5.75 Å². The van der Waals surface area contributed by atoms with E-state index in [1.54, 1.807) is 18.2 Å². The predicted molar refractivity (Wildman–Crippen MR) is 91.7 cm³/mol. The van der Waals surface area contributed by atoms with E-state index in [9.17, 15) is 5.11 Å². The average molecular weight is 303 g/mol. The fourth-order valence-electron chi connectivity index (χ4n) is 2.62. The molecule has 0 aliphatic carbocycles. The topological polar surface area (TPSA) is 29.1 Å². The second-order valence-electron chi connectivity index (χ2n) is 6.06. The third-order valence-electron chi connectivity index (χ3n) is 4.15. The molecule has 0 amide bonds. The molecule has 2 heteroatoms. The first-order valence-corrected chi connectivity index (χ1v) is 7.67.